The first-order chi connectivity index (χ1) is 7.33. The molecule has 0 aromatic heterocycles. The summed E-state index contributed by atoms with van der Waals surface area (Å²) >= 11 is 0. The van der Waals surface area contributed by atoms with Crippen molar-refractivity contribution in [3.63, 3.8) is 0 Å². The molecule has 2 bridgehead atoms. The third-order valence-corrected chi connectivity index (χ3v) is 5.47. The van der Waals surface area contributed by atoms with E-state index in [2.05, 4.69) is 27.7 Å². The van der Waals surface area contributed by atoms with Gasteiger partial charge in [-0.15, -0.1) is 0 Å². The molecule has 94 valence electrons. The molecule has 0 aromatic carbocycles. The van der Waals surface area contributed by atoms with E-state index in [4.69, 9.17) is 0 Å². The summed E-state index contributed by atoms with van der Waals surface area (Å²) in [5.41, 5.74) is 1.90. The third kappa shape index (κ3) is 2.81. The van der Waals surface area contributed by atoms with Gasteiger partial charge in [0.25, 0.3) is 0 Å². The Morgan fingerprint density at radius 2 is 1.00 bits per heavy atom. The molecule has 2 aliphatic carbocycles. The van der Waals surface area contributed by atoms with E-state index < -0.39 is 0 Å². The Hall–Kier alpha value is 0. The van der Waals surface area contributed by atoms with Crippen molar-refractivity contribution < 1.29 is 0 Å². The van der Waals surface area contributed by atoms with E-state index in [9.17, 15) is 0 Å². The molecule has 0 amide bonds. The van der Waals surface area contributed by atoms with Gasteiger partial charge in [-0.1, -0.05) is 40.5 Å². The smallest absolute Gasteiger partial charge is 0.0320 e. The van der Waals surface area contributed by atoms with Gasteiger partial charge in [-0.3, -0.25) is 0 Å². The Kier molecular flexibility index (Phi) is 3.14. The van der Waals surface area contributed by atoms with Crippen molar-refractivity contribution in [1.82, 2.24) is 0 Å². The molecule has 2 saturated carbocycles. The van der Waals surface area contributed by atoms with Crippen molar-refractivity contribution in [2.24, 2.45) is 16.2 Å². The molecule has 0 heteroatoms. The predicted molar refractivity (Wildman–Crippen MR) is 71.5 cm³/mol. The molecule has 0 spiro atoms. The topological polar surface area (TPSA) is 0 Å². The molecule has 0 aliphatic heterocycles. The Morgan fingerprint density at radius 3 is 1.44 bits per heavy atom. The fraction of sp³-hybridized carbons (Fsp3) is 1.00. The van der Waals surface area contributed by atoms with Gasteiger partial charge >= 0.3 is 0 Å². The van der Waals surface area contributed by atoms with Gasteiger partial charge in [0.05, 0.1) is 0 Å². The van der Waals surface area contributed by atoms with Crippen LogP contribution in [0, 0.1) is 16.2 Å². The first-order valence-corrected chi connectivity index (χ1v) is 7.33. The van der Waals surface area contributed by atoms with Crippen LogP contribution in [0.15, 0.2) is 0 Å². The highest BCUT2D eigenvalue weighted by molar-refractivity contribution is 4.92. The van der Waals surface area contributed by atoms with Crippen molar-refractivity contribution in [3.8, 4) is 0 Å². The average molecular weight is 222 g/mol. The number of rotatable bonds is 0. The summed E-state index contributed by atoms with van der Waals surface area (Å²) in [5.74, 6) is 0. The molecule has 16 heavy (non-hydrogen) atoms. The molecule has 0 aromatic rings. The lowest BCUT2D eigenvalue weighted by Crippen LogP contribution is -2.31. The zero-order valence-electron chi connectivity index (χ0n) is 11.9. The van der Waals surface area contributed by atoms with Crippen LogP contribution >= 0.6 is 0 Å². The van der Waals surface area contributed by atoms with Crippen LogP contribution in [-0.4, -0.2) is 0 Å². The molecule has 0 heterocycles. The average Bonchev–Trinajstić information content (AvgIpc) is 2.34. The van der Waals surface area contributed by atoms with Gasteiger partial charge in [0.1, 0.15) is 0 Å². The minimum absolute atomic E-state index is 0.591. The van der Waals surface area contributed by atoms with Gasteiger partial charge in [-0.2, -0.15) is 0 Å². The highest BCUT2D eigenvalue weighted by Crippen LogP contribution is 2.53. The Bertz CT molecular complexity index is 229. The minimum atomic E-state index is 0.591. The minimum Gasteiger partial charge on any atom is -0.0599 e. The summed E-state index contributed by atoms with van der Waals surface area (Å²) in [5, 5.41) is 0. The van der Waals surface area contributed by atoms with E-state index >= 15 is 0 Å². The second-order valence-electron chi connectivity index (χ2n) is 8.17. The molecule has 0 radical (unpaired) electrons. The number of hydrogen-bond donors (Lipinski definition) is 0. The van der Waals surface area contributed by atoms with Crippen LogP contribution < -0.4 is 0 Å². The summed E-state index contributed by atoms with van der Waals surface area (Å²) < 4.78 is 0. The van der Waals surface area contributed by atoms with Crippen LogP contribution in [0.4, 0.5) is 0 Å². The van der Waals surface area contributed by atoms with E-state index in [0.29, 0.717) is 16.2 Å². The SMILES string of the molecule is CC1(C)CCC2(C)CCCCC(C)(CC1)C2. The molecule has 2 rings (SSSR count). The molecular weight excluding hydrogens is 192 g/mol. The largest absolute Gasteiger partial charge is 0.0599 e. The fourth-order valence-electron chi connectivity index (χ4n) is 4.14. The molecule has 2 fully saturated rings. The van der Waals surface area contributed by atoms with Gasteiger partial charge in [0.2, 0.25) is 0 Å². The van der Waals surface area contributed by atoms with Crippen LogP contribution in [0.25, 0.3) is 0 Å². The van der Waals surface area contributed by atoms with Gasteiger partial charge < -0.3 is 0 Å². The van der Waals surface area contributed by atoms with E-state index in [0.717, 1.165) is 0 Å². The second kappa shape index (κ2) is 4.03. The number of hydrogen-bond acceptors (Lipinski definition) is 0. The molecule has 2 atom stereocenters. The Morgan fingerprint density at radius 1 is 0.562 bits per heavy atom. The monoisotopic (exact) mass is 222 g/mol. The lowest BCUT2D eigenvalue weighted by Gasteiger charge is -2.44. The summed E-state index contributed by atoms with van der Waals surface area (Å²) in [6.07, 6.45) is 13.2. The molecule has 0 nitrogen and oxygen atoms in total. The zero-order valence-corrected chi connectivity index (χ0v) is 11.9. The van der Waals surface area contributed by atoms with Crippen molar-refractivity contribution in [3.05, 3.63) is 0 Å². The first-order valence-electron chi connectivity index (χ1n) is 7.33. The van der Waals surface area contributed by atoms with Crippen LogP contribution in [0.1, 0.15) is 85.5 Å². The first kappa shape index (κ1) is 12.5. The summed E-state index contributed by atoms with van der Waals surface area (Å²) in [6, 6.07) is 0. The highest BCUT2D eigenvalue weighted by atomic mass is 14.5. The standard InChI is InChI=1S/C16H30/c1-14(2)9-11-15(3)7-5-6-8-16(4,13-15)12-10-14/h5-13H2,1-4H3. The maximum Gasteiger partial charge on any atom is -0.0320 e. The van der Waals surface area contributed by atoms with Gasteiger partial charge in [-0.05, 0) is 61.2 Å². The van der Waals surface area contributed by atoms with Crippen molar-refractivity contribution in [2.45, 2.75) is 85.5 Å². The Balaban J connectivity index is 2.20. The van der Waals surface area contributed by atoms with Crippen molar-refractivity contribution >= 4 is 0 Å². The second-order valence-corrected chi connectivity index (χ2v) is 8.17. The third-order valence-electron chi connectivity index (χ3n) is 5.47. The zero-order chi connectivity index (χ0) is 11.9. The molecular formula is C16H30. The van der Waals surface area contributed by atoms with Crippen LogP contribution in [0.3, 0.4) is 0 Å². The van der Waals surface area contributed by atoms with Crippen molar-refractivity contribution in [1.29, 1.82) is 0 Å². The lowest BCUT2D eigenvalue weighted by atomic mass is 9.62. The van der Waals surface area contributed by atoms with E-state index in [1.807, 2.05) is 0 Å². The molecule has 2 unspecified atom stereocenters. The van der Waals surface area contributed by atoms with Gasteiger partial charge in [-0.25, -0.2) is 0 Å². The predicted octanol–water partition coefficient (Wildman–Crippen LogP) is 5.56. The molecule has 2 aliphatic rings. The maximum absolute atomic E-state index is 2.57. The lowest BCUT2D eigenvalue weighted by molar-refractivity contribution is 0.0780. The van der Waals surface area contributed by atoms with Crippen LogP contribution in [0.2, 0.25) is 0 Å². The maximum atomic E-state index is 2.57. The van der Waals surface area contributed by atoms with Gasteiger partial charge in [0, 0.05) is 0 Å². The van der Waals surface area contributed by atoms with Crippen LogP contribution in [0.5, 0.6) is 0 Å². The van der Waals surface area contributed by atoms with Crippen LogP contribution in [-0.2, 0) is 0 Å². The molecule has 0 saturated heterocycles. The van der Waals surface area contributed by atoms with Gasteiger partial charge in [0.15, 0.2) is 0 Å². The van der Waals surface area contributed by atoms with E-state index in [1.54, 1.807) is 0 Å². The summed E-state index contributed by atoms with van der Waals surface area (Å²) in [4.78, 5) is 0. The normalized spacial score (nSPS) is 44.2. The summed E-state index contributed by atoms with van der Waals surface area (Å²) in [7, 11) is 0. The molecule has 0 N–H and O–H groups in total. The van der Waals surface area contributed by atoms with Crippen molar-refractivity contribution in [2.75, 3.05) is 0 Å². The van der Waals surface area contributed by atoms with E-state index in [1.165, 1.54) is 57.8 Å². The highest BCUT2D eigenvalue weighted by Gasteiger charge is 2.40. The van der Waals surface area contributed by atoms with E-state index in [-0.39, 0.29) is 0 Å². The summed E-state index contributed by atoms with van der Waals surface area (Å²) in [6.45, 7) is 10.1. The fourth-order valence-corrected chi connectivity index (χ4v) is 4.14. The number of fused-ring (bicyclic) bond motifs is 2. The quantitative estimate of drug-likeness (QED) is 0.503. The Labute approximate surface area is 102 Å².